The molecule has 2 atom stereocenters. The Balaban J connectivity index is 1.66. The maximum atomic E-state index is 12.5. The van der Waals surface area contributed by atoms with Crippen LogP contribution in [0.25, 0.3) is 0 Å². The maximum Gasteiger partial charge on any atom is 0.417 e. The minimum atomic E-state index is -0.572. The number of cyclic esters (lactones) is 1. The first kappa shape index (κ1) is 16.5. The Morgan fingerprint density at radius 2 is 1.79 bits per heavy atom. The molecule has 0 radical (unpaired) electrons. The fourth-order valence-electron chi connectivity index (χ4n) is 2.91. The molecule has 2 amide bonds. The van der Waals surface area contributed by atoms with Gasteiger partial charge in [-0.2, -0.15) is 0 Å². The second-order valence-corrected chi connectivity index (χ2v) is 6.28. The van der Waals surface area contributed by atoms with Crippen molar-refractivity contribution in [3.8, 4) is 0 Å². The number of halogens is 1. The molecule has 4 nitrogen and oxygen atoms in total. The van der Waals surface area contributed by atoms with Gasteiger partial charge in [-0.25, -0.2) is 9.69 Å². The Bertz CT molecular complexity index is 730. The van der Waals surface area contributed by atoms with Crippen LogP contribution in [-0.4, -0.2) is 22.9 Å². The second kappa shape index (κ2) is 7.05. The van der Waals surface area contributed by atoms with Crippen molar-refractivity contribution in [3.05, 3.63) is 70.7 Å². The van der Waals surface area contributed by atoms with E-state index in [1.807, 2.05) is 49.4 Å². The van der Waals surface area contributed by atoms with E-state index in [4.69, 9.17) is 16.3 Å². The number of hydrogen-bond acceptors (Lipinski definition) is 3. The van der Waals surface area contributed by atoms with Gasteiger partial charge in [0.05, 0.1) is 6.04 Å². The smallest absolute Gasteiger partial charge is 0.417 e. The van der Waals surface area contributed by atoms with Crippen LogP contribution in [0.15, 0.2) is 54.6 Å². The van der Waals surface area contributed by atoms with E-state index in [1.54, 1.807) is 12.1 Å². The number of imide groups is 1. The van der Waals surface area contributed by atoms with Gasteiger partial charge in [-0.15, -0.1) is 0 Å². The number of carbonyl (C=O) groups excluding carboxylic acids is 2. The topological polar surface area (TPSA) is 46.6 Å². The van der Waals surface area contributed by atoms with Gasteiger partial charge in [-0.1, -0.05) is 54.1 Å². The van der Waals surface area contributed by atoms with Crippen LogP contribution >= 0.6 is 11.6 Å². The van der Waals surface area contributed by atoms with E-state index in [2.05, 4.69) is 0 Å². The molecule has 0 aliphatic carbocycles. The summed E-state index contributed by atoms with van der Waals surface area (Å²) in [5.41, 5.74) is 1.90. The first-order valence-electron chi connectivity index (χ1n) is 7.88. The van der Waals surface area contributed by atoms with E-state index in [1.165, 1.54) is 4.90 Å². The van der Waals surface area contributed by atoms with Crippen LogP contribution in [-0.2, 0) is 16.0 Å². The normalized spacial score (nSPS) is 20.1. The highest BCUT2D eigenvalue weighted by Gasteiger charge is 2.42. The highest BCUT2D eigenvalue weighted by atomic mass is 35.5. The number of ether oxygens (including phenoxy) is 1. The predicted octanol–water partition coefficient (Wildman–Crippen LogP) is 4.38. The van der Waals surface area contributed by atoms with Crippen LogP contribution in [0.1, 0.15) is 30.6 Å². The summed E-state index contributed by atoms with van der Waals surface area (Å²) in [6.45, 7) is 1.84. The molecule has 0 N–H and O–H groups in total. The molecule has 0 saturated carbocycles. The van der Waals surface area contributed by atoms with Gasteiger partial charge in [0.2, 0.25) is 5.91 Å². The number of rotatable bonds is 4. The first-order chi connectivity index (χ1) is 11.6. The Morgan fingerprint density at radius 1 is 1.12 bits per heavy atom. The third kappa shape index (κ3) is 3.44. The van der Waals surface area contributed by atoms with Gasteiger partial charge in [0.15, 0.2) is 0 Å². The molecule has 3 rings (SSSR count). The lowest BCUT2D eigenvalue weighted by atomic mass is 10.0. The molecule has 2 aromatic carbocycles. The van der Waals surface area contributed by atoms with Crippen molar-refractivity contribution in [2.45, 2.75) is 31.9 Å². The summed E-state index contributed by atoms with van der Waals surface area (Å²) in [4.78, 5) is 25.8. The zero-order valence-corrected chi connectivity index (χ0v) is 14.1. The predicted molar refractivity (Wildman–Crippen MR) is 91.7 cm³/mol. The molecule has 5 heteroatoms. The van der Waals surface area contributed by atoms with Gasteiger partial charge in [0, 0.05) is 11.4 Å². The Labute approximate surface area is 146 Å². The summed E-state index contributed by atoms with van der Waals surface area (Å²) >= 11 is 5.85. The number of amides is 2. The average molecular weight is 344 g/mol. The monoisotopic (exact) mass is 343 g/mol. The van der Waals surface area contributed by atoms with Crippen molar-refractivity contribution < 1.29 is 14.3 Å². The number of benzene rings is 2. The van der Waals surface area contributed by atoms with Crippen LogP contribution in [0.2, 0.25) is 5.02 Å². The summed E-state index contributed by atoms with van der Waals surface area (Å²) in [6, 6.07) is 16.5. The molecule has 1 fully saturated rings. The van der Waals surface area contributed by atoms with Gasteiger partial charge >= 0.3 is 6.09 Å². The molecule has 0 unspecified atom stereocenters. The summed E-state index contributed by atoms with van der Waals surface area (Å²) in [7, 11) is 0. The fraction of sp³-hybridized carbons (Fsp3) is 0.263. The molecule has 2 aromatic rings. The summed E-state index contributed by atoms with van der Waals surface area (Å²) in [5.74, 6) is -0.221. The summed E-state index contributed by atoms with van der Waals surface area (Å²) in [5, 5.41) is 0.660. The van der Waals surface area contributed by atoms with E-state index in [0.717, 1.165) is 11.1 Å². The number of aryl methyl sites for hydroxylation is 1. The van der Waals surface area contributed by atoms with E-state index in [-0.39, 0.29) is 18.4 Å². The maximum absolute atomic E-state index is 12.5. The SMILES string of the molecule is C[C@@H]1[C@H](c2ccccc2)OC(=O)N1C(=O)CCc1ccc(Cl)cc1. The Kier molecular flexibility index (Phi) is 4.86. The minimum Gasteiger partial charge on any atom is -0.439 e. The van der Waals surface area contributed by atoms with Crippen molar-refractivity contribution >= 4 is 23.6 Å². The largest absolute Gasteiger partial charge is 0.439 e. The van der Waals surface area contributed by atoms with Crippen molar-refractivity contribution in [2.75, 3.05) is 0 Å². The molecule has 1 aliphatic heterocycles. The van der Waals surface area contributed by atoms with E-state index in [0.29, 0.717) is 11.4 Å². The molecular formula is C19H18ClNO3. The fourth-order valence-corrected chi connectivity index (χ4v) is 3.03. The standard InChI is InChI=1S/C19H18ClNO3/c1-13-18(15-5-3-2-4-6-15)24-19(23)21(13)17(22)12-9-14-7-10-16(20)11-8-14/h2-8,10-11,13,18H,9,12H2,1H3/t13-,18-/m1/s1. The minimum absolute atomic E-state index is 0.221. The zero-order valence-electron chi connectivity index (χ0n) is 13.3. The second-order valence-electron chi connectivity index (χ2n) is 5.85. The highest BCUT2D eigenvalue weighted by Crippen LogP contribution is 2.32. The first-order valence-corrected chi connectivity index (χ1v) is 8.26. The molecule has 1 saturated heterocycles. The molecule has 1 heterocycles. The summed E-state index contributed by atoms with van der Waals surface area (Å²) in [6.07, 6.45) is -0.180. The van der Waals surface area contributed by atoms with Crippen molar-refractivity contribution in [1.82, 2.24) is 4.90 Å². The molecule has 24 heavy (non-hydrogen) atoms. The van der Waals surface area contributed by atoms with Gasteiger partial charge in [0.1, 0.15) is 6.10 Å². The Hall–Kier alpha value is -2.33. The Morgan fingerprint density at radius 3 is 2.46 bits per heavy atom. The van der Waals surface area contributed by atoms with E-state index in [9.17, 15) is 9.59 Å². The van der Waals surface area contributed by atoms with Crippen LogP contribution < -0.4 is 0 Å². The number of carbonyl (C=O) groups is 2. The molecule has 124 valence electrons. The molecule has 0 aromatic heterocycles. The van der Waals surface area contributed by atoms with E-state index < -0.39 is 12.2 Å². The third-order valence-electron chi connectivity index (χ3n) is 4.21. The van der Waals surface area contributed by atoms with Gasteiger partial charge < -0.3 is 4.74 Å². The van der Waals surface area contributed by atoms with Crippen LogP contribution in [0, 0.1) is 0 Å². The molecule has 0 bridgehead atoms. The zero-order chi connectivity index (χ0) is 17.1. The van der Waals surface area contributed by atoms with Gasteiger partial charge in [-0.05, 0) is 36.6 Å². The lowest BCUT2D eigenvalue weighted by Gasteiger charge is -2.19. The number of hydrogen-bond donors (Lipinski definition) is 0. The summed E-state index contributed by atoms with van der Waals surface area (Å²) < 4.78 is 5.41. The van der Waals surface area contributed by atoms with Crippen molar-refractivity contribution in [2.24, 2.45) is 0 Å². The van der Waals surface area contributed by atoms with Crippen LogP contribution in [0.4, 0.5) is 4.79 Å². The third-order valence-corrected chi connectivity index (χ3v) is 4.46. The lowest BCUT2D eigenvalue weighted by molar-refractivity contribution is -0.129. The highest BCUT2D eigenvalue weighted by molar-refractivity contribution is 6.30. The van der Waals surface area contributed by atoms with Crippen LogP contribution in [0.5, 0.6) is 0 Å². The average Bonchev–Trinajstić information content (AvgIpc) is 2.89. The van der Waals surface area contributed by atoms with E-state index >= 15 is 0 Å². The lowest BCUT2D eigenvalue weighted by Crippen LogP contribution is -2.37. The van der Waals surface area contributed by atoms with Gasteiger partial charge in [-0.3, -0.25) is 4.79 Å². The molecule has 1 aliphatic rings. The van der Waals surface area contributed by atoms with Crippen LogP contribution in [0.3, 0.4) is 0 Å². The number of nitrogens with zero attached hydrogens (tertiary/aromatic N) is 1. The molecule has 0 spiro atoms. The quantitative estimate of drug-likeness (QED) is 0.827. The van der Waals surface area contributed by atoms with Crippen molar-refractivity contribution in [1.29, 1.82) is 0 Å². The molecular weight excluding hydrogens is 326 g/mol. The van der Waals surface area contributed by atoms with Crippen molar-refractivity contribution in [3.63, 3.8) is 0 Å². The van der Waals surface area contributed by atoms with Gasteiger partial charge in [0.25, 0.3) is 0 Å².